The van der Waals surface area contributed by atoms with E-state index < -0.39 is 0 Å². The molecule has 0 aliphatic rings. The van der Waals surface area contributed by atoms with Crippen molar-refractivity contribution in [2.45, 2.75) is 6.92 Å². The van der Waals surface area contributed by atoms with Crippen molar-refractivity contribution in [2.75, 3.05) is 5.32 Å². The van der Waals surface area contributed by atoms with Crippen LogP contribution in [0.1, 0.15) is 12.5 Å². The average molecular weight is 226 g/mol. The van der Waals surface area contributed by atoms with Gasteiger partial charge in [-0.3, -0.25) is 0 Å². The second-order valence-electron chi connectivity index (χ2n) is 3.72. The number of hydrogen-bond donors (Lipinski definition) is 2. The van der Waals surface area contributed by atoms with Crippen molar-refractivity contribution in [2.24, 2.45) is 5.16 Å². The number of para-hydroxylation sites is 2. The summed E-state index contributed by atoms with van der Waals surface area (Å²) in [6, 6.07) is 17.6. The fourth-order valence-corrected chi connectivity index (χ4v) is 1.64. The van der Waals surface area contributed by atoms with Gasteiger partial charge in [-0.05, 0) is 25.1 Å². The maximum Gasteiger partial charge on any atom is 0.0857 e. The minimum atomic E-state index is 0.587. The summed E-state index contributed by atoms with van der Waals surface area (Å²) in [5.74, 6) is 0. The minimum Gasteiger partial charge on any atom is -0.411 e. The van der Waals surface area contributed by atoms with Crippen LogP contribution in [-0.4, -0.2) is 10.9 Å². The third kappa shape index (κ3) is 2.64. The van der Waals surface area contributed by atoms with Crippen LogP contribution in [0.2, 0.25) is 0 Å². The molecule has 17 heavy (non-hydrogen) atoms. The van der Waals surface area contributed by atoms with Crippen LogP contribution in [0.15, 0.2) is 59.8 Å². The molecule has 0 radical (unpaired) electrons. The Hall–Kier alpha value is -2.29. The van der Waals surface area contributed by atoms with Crippen LogP contribution >= 0.6 is 0 Å². The first kappa shape index (κ1) is 11.2. The van der Waals surface area contributed by atoms with E-state index in [9.17, 15) is 0 Å². The fraction of sp³-hybridized carbons (Fsp3) is 0.0714. The molecular formula is C14H14N2O. The lowest BCUT2D eigenvalue weighted by Crippen LogP contribution is -2.01. The van der Waals surface area contributed by atoms with Crippen molar-refractivity contribution in [3.05, 3.63) is 60.2 Å². The standard InChI is InChI=1S/C14H14N2O/c1-11(16-17)13-9-5-6-10-14(13)15-12-7-3-2-4-8-12/h2-10,15,17H,1H3/b16-11+. The summed E-state index contributed by atoms with van der Waals surface area (Å²) < 4.78 is 0. The predicted octanol–water partition coefficient (Wildman–Crippen LogP) is 3.63. The molecule has 2 rings (SSSR count). The van der Waals surface area contributed by atoms with Gasteiger partial charge in [-0.15, -0.1) is 0 Å². The second-order valence-corrected chi connectivity index (χ2v) is 3.72. The molecule has 0 fully saturated rings. The molecule has 3 heteroatoms. The first-order valence-corrected chi connectivity index (χ1v) is 5.41. The lowest BCUT2D eigenvalue weighted by molar-refractivity contribution is 0.319. The number of nitrogens with zero attached hydrogens (tertiary/aromatic N) is 1. The molecule has 2 aromatic rings. The summed E-state index contributed by atoms with van der Waals surface area (Å²) in [5, 5.41) is 15.4. The van der Waals surface area contributed by atoms with Crippen LogP contribution in [-0.2, 0) is 0 Å². The number of oxime groups is 1. The van der Waals surface area contributed by atoms with Gasteiger partial charge in [0.25, 0.3) is 0 Å². The van der Waals surface area contributed by atoms with E-state index in [1.807, 2.05) is 54.6 Å². The zero-order chi connectivity index (χ0) is 12.1. The highest BCUT2D eigenvalue weighted by molar-refractivity contribution is 6.03. The Bertz CT molecular complexity index is 521. The quantitative estimate of drug-likeness (QED) is 0.477. The Morgan fingerprint density at radius 3 is 2.35 bits per heavy atom. The van der Waals surface area contributed by atoms with Crippen LogP contribution in [0.25, 0.3) is 0 Å². The summed E-state index contributed by atoms with van der Waals surface area (Å²) in [6.07, 6.45) is 0. The predicted molar refractivity (Wildman–Crippen MR) is 70.2 cm³/mol. The van der Waals surface area contributed by atoms with E-state index in [-0.39, 0.29) is 0 Å². The van der Waals surface area contributed by atoms with Crippen molar-refractivity contribution in [1.29, 1.82) is 0 Å². The molecule has 2 N–H and O–H groups in total. The molecule has 0 spiro atoms. The average Bonchev–Trinajstić information content (AvgIpc) is 2.40. The highest BCUT2D eigenvalue weighted by Crippen LogP contribution is 2.21. The van der Waals surface area contributed by atoms with Crippen molar-refractivity contribution in [1.82, 2.24) is 0 Å². The Kier molecular flexibility index (Phi) is 3.40. The van der Waals surface area contributed by atoms with Gasteiger partial charge in [0.05, 0.1) is 5.71 Å². The van der Waals surface area contributed by atoms with Crippen LogP contribution < -0.4 is 5.32 Å². The van der Waals surface area contributed by atoms with Crippen LogP contribution in [0.5, 0.6) is 0 Å². The molecule has 0 unspecified atom stereocenters. The third-order valence-corrected chi connectivity index (χ3v) is 2.52. The van der Waals surface area contributed by atoms with Gasteiger partial charge >= 0.3 is 0 Å². The van der Waals surface area contributed by atoms with E-state index in [1.165, 1.54) is 0 Å². The molecule has 0 bridgehead atoms. The Labute approximate surface area is 100 Å². The molecule has 0 aliphatic carbocycles. The van der Waals surface area contributed by atoms with Gasteiger partial charge in [-0.2, -0.15) is 0 Å². The molecule has 0 aromatic heterocycles. The van der Waals surface area contributed by atoms with E-state index in [1.54, 1.807) is 6.92 Å². The normalized spacial score (nSPS) is 11.2. The topological polar surface area (TPSA) is 44.6 Å². The zero-order valence-corrected chi connectivity index (χ0v) is 9.59. The first-order chi connectivity index (χ1) is 8.31. The van der Waals surface area contributed by atoms with Crippen LogP contribution in [0, 0.1) is 0 Å². The van der Waals surface area contributed by atoms with Gasteiger partial charge in [-0.1, -0.05) is 41.6 Å². The number of nitrogens with one attached hydrogen (secondary N) is 1. The number of hydrogen-bond acceptors (Lipinski definition) is 3. The van der Waals surface area contributed by atoms with Gasteiger partial charge in [0.2, 0.25) is 0 Å². The number of benzene rings is 2. The summed E-state index contributed by atoms with van der Waals surface area (Å²) >= 11 is 0. The van der Waals surface area contributed by atoms with Crippen LogP contribution in [0.4, 0.5) is 11.4 Å². The first-order valence-electron chi connectivity index (χ1n) is 5.41. The van der Waals surface area contributed by atoms with E-state index in [0.29, 0.717) is 5.71 Å². The van der Waals surface area contributed by atoms with E-state index in [2.05, 4.69) is 10.5 Å². The molecule has 0 saturated heterocycles. The molecule has 86 valence electrons. The van der Waals surface area contributed by atoms with Crippen molar-refractivity contribution < 1.29 is 5.21 Å². The molecule has 3 nitrogen and oxygen atoms in total. The SMILES string of the molecule is C/C(=N\O)c1ccccc1Nc1ccccc1. The maximum atomic E-state index is 8.84. The molecule has 0 atom stereocenters. The molecular weight excluding hydrogens is 212 g/mol. The largest absolute Gasteiger partial charge is 0.411 e. The van der Waals surface area contributed by atoms with Gasteiger partial charge in [0.15, 0.2) is 0 Å². The van der Waals surface area contributed by atoms with E-state index in [0.717, 1.165) is 16.9 Å². The fourth-order valence-electron chi connectivity index (χ4n) is 1.64. The molecule has 0 amide bonds. The third-order valence-electron chi connectivity index (χ3n) is 2.52. The van der Waals surface area contributed by atoms with E-state index in [4.69, 9.17) is 5.21 Å². The van der Waals surface area contributed by atoms with E-state index >= 15 is 0 Å². The number of rotatable bonds is 3. The minimum absolute atomic E-state index is 0.587. The van der Waals surface area contributed by atoms with Gasteiger partial charge < -0.3 is 10.5 Å². The highest BCUT2D eigenvalue weighted by Gasteiger charge is 2.04. The van der Waals surface area contributed by atoms with Crippen molar-refractivity contribution in [3.8, 4) is 0 Å². The van der Waals surface area contributed by atoms with Crippen molar-refractivity contribution >= 4 is 17.1 Å². The lowest BCUT2D eigenvalue weighted by Gasteiger charge is -2.10. The van der Waals surface area contributed by atoms with Gasteiger partial charge in [-0.25, -0.2) is 0 Å². The molecule has 0 saturated carbocycles. The lowest BCUT2D eigenvalue weighted by atomic mass is 10.1. The summed E-state index contributed by atoms with van der Waals surface area (Å²) in [6.45, 7) is 1.77. The maximum absolute atomic E-state index is 8.84. The monoisotopic (exact) mass is 226 g/mol. The van der Waals surface area contributed by atoms with Crippen molar-refractivity contribution in [3.63, 3.8) is 0 Å². The van der Waals surface area contributed by atoms with Gasteiger partial charge in [0.1, 0.15) is 0 Å². The second kappa shape index (κ2) is 5.16. The smallest absolute Gasteiger partial charge is 0.0857 e. The Balaban J connectivity index is 2.33. The molecule has 0 aliphatic heterocycles. The molecule has 2 aromatic carbocycles. The summed E-state index contributed by atoms with van der Waals surface area (Å²) in [5.41, 5.74) is 3.41. The summed E-state index contributed by atoms with van der Waals surface area (Å²) in [7, 11) is 0. The summed E-state index contributed by atoms with van der Waals surface area (Å²) in [4.78, 5) is 0. The van der Waals surface area contributed by atoms with Gasteiger partial charge in [0, 0.05) is 16.9 Å². The zero-order valence-electron chi connectivity index (χ0n) is 9.59. The van der Waals surface area contributed by atoms with Crippen LogP contribution in [0.3, 0.4) is 0 Å². The molecule has 0 heterocycles. The number of anilines is 2. The Morgan fingerprint density at radius 2 is 1.65 bits per heavy atom. The Morgan fingerprint density at radius 1 is 1.00 bits per heavy atom. The highest BCUT2D eigenvalue weighted by atomic mass is 16.4.